The van der Waals surface area contributed by atoms with Crippen molar-refractivity contribution in [3.8, 4) is 0 Å². The third kappa shape index (κ3) is 2.18. The van der Waals surface area contributed by atoms with Crippen LogP contribution in [0.15, 0.2) is 18.5 Å². The standard InChI is InChI=1S/C14H15N3O3/c1-9-7-17-8-11(10-3-5-20-6-4-10)16-12(13(17)15-9)14(18)19-2/h3,7-8H,4-6H2,1-2H3. The number of hydrogen-bond acceptors (Lipinski definition) is 5. The number of fused-ring (bicyclic) bond motifs is 1. The Morgan fingerprint density at radius 1 is 1.40 bits per heavy atom. The second-order valence-corrected chi connectivity index (χ2v) is 4.63. The first-order valence-corrected chi connectivity index (χ1v) is 6.41. The van der Waals surface area contributed by atoms with E-state index in [0.29, 0.717) is 18.9 Å². The number of carbonyl (C=O) groups excluding carboxylic acids is 1. The Bertz CT molecular complexity index is 703. The minimum absolute atomic E-state index is 0.241. The van der Waals surface area contributed by atoms with Gasteiger partial charge in [-0.15, -0.1) is 0 Å². The van der Waals surface area contributed by atoms with Crippen LogP contribution < -0.4 is 0 Å². The zero-order valence-electron chi connectivity index (χ0n) is 11.4. The summed E-state index contributed by atoms with van der Waals surface area (Å²) in [6, 6.07) is 0. The van der Waals surface area contributed by atoms with Gasteiger partial charge in [0.1, 0.15) is 0 Å². The molecule has 0 amide bonds. The lowest BCUT2D eigenvalue weighted by molar-refractivity contribution is 0.0595. The summed E-state index contributed by atoms with van der Waals surface area (Å²) >= 11 is 0. The molecule has 0 unspecified atom stereocenters. The van der Waals surface area contributed by atoms with Crippen LogP contribution in [-0.4, -0.2) is 40.7 Å². The Hall–Kier alpha value is -2.21. The molecule has 0 atom stereocenters. The van der Waals surface area contributed by atoms with Crippen molar-refractivity contribution in [3.05, 3.63) is 35.6 Å². The zero-order valence-corrected chi connectivity index (χ0v) is 11.4. The van der Waals surface area contributed by atoms with Crippen LogP contribution in [-0.2, 0) is 9.47 Å². The Balaban J connectivity index is 2.19. The number of ether oxygens (including phenoxy) is 2. The third-order valence-corrected chi connectivity index (χ3v) is 3.23. The van der Waals surface area contributed by atoms with Gasteiger partial charge < -0.3 is 13.9 Å². The van der Waals surface area contributed by atoms with Gasteiger partial charge in [0.05, 0.1) is 31.7 Å². The summed E-state index contributed by atoms with van der Waals surface area (Å²) in [4.78, 5) is 20.6. The van der Waals surface area contributed by atoms with E-state index in [4.69, 9.17) is 9.47 Å². The number of aryl methyl sites for hydroxylation is 1. The number of esters is 1. The van der Waals surface area contributed by atoms with Crippen LogP contribution in [0.5, 0.6) is 0 Å². The molecule has 3 rings (SSSR count). The molecule has 6 heteroatoms. The van der Waals surface area contributed by atoms with Gasteiger partial charge in [-0.25, -0.2) is 14.8 Å². The van der Waals surface area contributed by atoms with Crippen LogP contribution in [0.1, 0.15) is 28.3 Å². The van der Waals surface area contributed by atoms with E-state index in [2.05, 4.69) is 9.97 Å². The number of hydrogen-bond donors (Lipinski definition) is 0. The molecule has 1 aliphatic rings. The topological polar surface area (TPSA) is 65.7 Å². The summed E-state index contributed by atoms with van der Waals surface area (Å²) in [6.45, 7) is 3.12. The van der Waals surface area contributed by atoms with Gasteiger partial charge in [-0.05, 0) is 18.9 Å². The minimum atomic E-state index is -0.477. The fourth-order valence-electron chi connectivity index (χ4n) is 2.27. The second-order valence-electron chi connectivity index (χ2n) is 4.63. The van der Waals surface area contributed by atoms with E-state index in [0.717, 1.165) is 23.4 Å². The quantitative estimate of drug-likeness (QED) is 0.778. The van der Waals surface area contributed by atoms with Gasteiger partial charge >= 0.3 is 5.97 Å². The average Bonchev–Trinajstić information content (AvgIpc) is 2.86. The molecular formula is C14H15N3O3. The number of methoxy groups -OCH3 is 1. The number of nitrogens with zero attached hydrogens (tertiary/aromatic N) is 3. The molecule has 6 nitrogen and oxygen atoms in total. The predicted octanol–water partition coefficient (Wildman–Crippen LogP) is 1.63. The van der Waals surface area contributed by atoms with E-state index in [1.54, 1.807) is 0 Å². The molecule has 1 aliphatic heterocycles. The molecule has 0 fully saturated rings. The largest absolute Gasteiger partial charge is 0.464 e. The molecule has 104 valence electrons. The molecule has 20 heavy (non-hydrogen) atoms. The molecule has 0 aliphatic carbocycles. The summed E-state index contributed by atoms with van der Waals surface area (Å²) in [5.74, 6) is -0.477. The molecule has 0 saturated carbocycles. The van der Waals surface area contributed by atoms with Crippen LogP contribution in [0.3, 0.4) is 0 Å². The lowest BCUT2D eigenvalue weighted by atomic mass is 10.1. The number of carbonyl (C=O) groups is 1. The molecule has 3 heterocycles. The maximum Gasteiger partial charge on any atom is 0.360 e. The fourth-order valence-corrected chi connectivity index (χ4v) is 2.27. The SMILES string of the molecule is COC(=O)c1nc(C2=CCOCC2)cn2cc(C)nc12. The van der Waals surface area contributed by atoms with Crippen molar-refractivity contribution < 1.29 is 14.3 Å². The maximum atomic E-state index is 11.9. The van der Waals surface area contributed by atoms with Gasteiger partial charge in [-0.3, -0.25) is 0 Å². The molecule has 0 N–H and O–H groups in total. The molecular weight excluding hydrogens is 258 g/mol. The van der Waals surface area contributed by atoms with E-state index >= 15 is 0 Å². The van der Waals surface area contributed by atoms with Gasteiger partial charge in [-0.1, -0.05) is 6.08 Å². The highest BCUT2D eigenvalue weighted by Gasteiger charge is 2.18. The monoisotopic (exact) mass is 273 g/mol. The van der Waals surface area contributed by atoms with E-state index in [9.17, 15) is 4.79 Å². The minimum Gasteiger partial charge on any atom is -0.464 e. The molecule has 0 radical (unpaired) electrons. The number of aromatic nitrogens is 3. The van der Waals surface area contributed by atoms with Crippen LogP contribution in [0, 0.1) is 6.92 Å². The van der Waals surface area contributed by atoms with Gasteiger partial charge in [-0.2, -0.15) is 0 Å². The first-order chi connectivity index (χ1) is 9.69. The average molecular weight is 273 g/mol. The lowest BCUT2D eigenvalue weighted by Gasteiger charge is -2.14. The summed E-state index contributed by atoms with van der Waals surface area (Å²) in [5.41, 5.74) is 3.43. The summed E-state index contributed by atoms with van der Waals surface area (Å²) in [5, 5.41) is 0. The highest BCUT2D eigenvalue weighted by atomic mass is 16.5. The van der Waals surface area contributed by atoms with Crippen molar-refractivity contribution in [1.29, 1.82) is 0 Å². The molecule has 0 spiro atoms. The number of imidazole rings is 1. The Kier molecular flexibility index (Phi) is 3.23. The molecule has 0 aromatic carbocycles. The summed E-state index contributed by atoms with van der Waals surface area (Å²) in [6.07, 6.45) is 6.53. The van der Waals surface area contributed by atoms with Gasteiger partial charge in [0.25, 0.3) is 0 Å². The highest BCUT2D eigenvalue weighted by molar-refractivity contribution is 5.94. The van der Waals surface area contributed by atoms with Crippen LogP contribution in [0.4, 0.5) is 0 Å². The summed E-state index contributed by atoms with van der Waals surface area (Å²) in [7, 11) is 1.34. The van der Waals surface area contributed by atoms with Gasteiger partial charge in [0, 0.05) is 12.4 Å². The van der Waals surface area contributed by atoms with Gasteiger partial charge in [0.15, 0.2) is 11.3 Å². The van der Waals surface area contributed by atoms with Crippen molar-refractivity contribution in [2.45, 2.75) is 13.3 Å². The molecule has 0 saturated heterocycles. The molecule has 2 aromatic heterocycles. The zero-order chi connectivity index (χ0) is 14.1. The van der Waals surface area contributed by atoms with E-state index in [1.807, 2.05) is 29.8 Å². The lowest BCUT2D eigenvalue weighted by Crippen LogP contribution is -2.11. The molecule has 0 bridgehead atoms. The van der Waals surface area contributed by atoms with E-state index in [-0.39, 0.29) is 5.69 Å². The third-order valence-electron chi connectivity index (χ3n) is 3.23. The van der Waals surface area contributed by atoms with Crippen molar-refractivity contribution in [2.24, 2.45) is 0 Å². The number of rotatable bonds is 2. The van der Waals surface area contributed by atoms with E-state index in [1.165, 1.54) is 7.11 Å². The van der Waals surface area contributed by atoms with Crippen molar-refractivity contribution >= 4 is 17.2 Å². The molecule has 2 aromatic rings. The smallest absolute Gasteiger partial charge is 0.360 e. The normalized spacial score (nSPS) is 15.2. The summed E-state index contributed by atoms with van der Waals surface area (Å²) < 4.78 is 11.9. The van der Waals surface area contributed by atoms with Crippen molar-refractivity contribution in [2.75, 3.05) is 20.3 Å². The first-order valence-electron chi connectivity index (χ1n) is 6.41. The Morgan fingerprint density at radius 2 is 2.25 bits per heavy atom. The maximum absolute atomic E-state index is 11.9. The van der Waals surface area contributed by atoms with Crippen molar-refractivity contribution in [3.63, 3.8) is 0 Å². The second kappa shape index (κ2) is 5.05. The van der Waals surface area contributed by atoms with Crippen LogP contribution >= 0.6 is 0 Å². The fraction of sp³-hybridized carbons (Fsp3) is 0.357. The predicted molar refractivity (Wildman–Crippen MR) is 72.5 cm³/mol. The first kappa shape index (κ1) is 12.8. The van der Waals surface area contributed by atoms with Gasteiger partial charge in [0.2, 0.25) is 0 Å². The van der Waals surface area contributed by atoms with Crippen molar-refractivity contribution in [1.82, 2.24) is 14.4 Å². The van der Waals surface area contributed by atoms with Crippen LogP contribution in [0.2, 0.25) is 0 Å². The Labute approximate surface area is 116 Å². The Morgan fingerprint density at radius 3 is 2.95 bits per heavy atom. The van der Waals surface area contributed by atoms with E-state index < -0.39 is 5.97 Å². The van der Waals surface area contributed by atoms with Crippen LogP contribution in [0.25, 0.3) is 11.2 Å². The highest BCUT2D eigenvalue weighted by Crippen LogP contribution is 2.21.